The maximum atomic E-state index is 5.76. The molecule has 2 aliphatic rings. The number of likely N-dealkylation sites (tertiary alicyclic amines) is 1. The molecule has 146 valence electrons. The minimum Gasteiger partial charge on any atom is -0.379 e. The van der Waals surface area contributed by atoms with E-state index in [1.54, 1.807) is 0 Å². The number of aromatic nitrogens is 1. The predicted octanol–water partition coefficient (Wildman–Crippen LogP) is 3.42. The van der Waals surface area contributed by atoms with Crippen LogP contribution in [0.4, 0.5) is 0 Å². The average molecular weight is 405 g/mol. The highest BCUT2D eigenvalue weighted by Crippen LogP contribution is 2.35. The number of para-hydroxylation sites is 1. The van der Waals surface area contributed by atoms with Gasteiger partial charge in [0.05, 0.1) is 29.5 Å². The number of hydrogen-bond donors (Lipinski definition) is 1. The summed E-state index contributed by atoms with van der Waals surface area (Å²) in [6, 6.07) is 8.72. The summed E-state index contributed by atoms with van der Waals surface area (Å²) in [5, 5.41) is 5.59. The van der Waals surface area contributed by atoms with Gasteiger partial charge >= 0.3 is 0 Å². The second-order valence-electron chi connectivity index (χ2n) is 7.26. The van der Waals surface area contributed by atoms with E-state index in [-0.39, 0.29) is 0 Å². The highest BCUT2D eigenvalue weighted by Gasteiger charge is 2.28. The first-order chi connectivity index (χ1) is 13.3. The molecule has 2 saturated heterocycles. The molecule has 2 fully saturated rings. The van der Waals surface area contributed by atoms with Crippen molar-refractivity contribution in [3.05, 3.63) is 29.3 Å². The van der Waals surface area contributed by atoms with Gasteiger partial charge in [-0.25, -0.2) is 4.98 Å². The molecule has 1 N–H and O–H groups in total. The fourth-order valence-electron chi connectivity index (χ4n) is 3.89. The molecule has 0 saturated carbocycles. The highest BCUT2D eigenvalue weighted by atomic mass is 32.1. The van der Waals surface area contributed by atoms with Crippen LogP contribution in [0.25, 0.3) is 10.2 Å². The molecule has 0 spiro atoms. The quantitative estimate of drug-likeness (QED) is 0.608. The fourth-order valence-corrected chi connectivity index (χ4v) is 5.32. The van der Waals surface area contributed by atoms with Crippen LogP contribution in [0.5, 0.6) is 0 Å². The number of ether oxygens (including phenoxy) is 1. The Kier molecular flexibility index (Phi) is 6.55. The van der Waals surface area contributed by atoms with Gasteiger partial charge < -0.3 is 15.0 Å². The van der Waals surface area contributed by atoms with Crippen LogP contribution < -0.4 is 5.32 Å². The van der Waals surface area contributed by atoms with Gasteiger partial charge in [-0.2, -0.15) is 0 Å². The topological polar surface area (TPSA) is 40.6 Å². The molecule has 1 aromatic heterocycles. The molecule has 2 aliphatic heterocycles. The molecule has 1 atom stereocenters. The molecule has 27 heavy (non-hydrogen) atoms. The molecular weight excluding hydrogens is 376 g/mol. The van der Waals surface area contributed by atoms with Crippen molar-refractivity contribution >= 4 is 38.9 Å². The van der Waals surface area contributed by atoms with Gasteiger partial charge in [0.25, 0.3) is 0 Å². The predicted molar refractivity (Wildman–Crippen MR) is 115 cm³/mol. The van der Waals surface area contributed by atoms with E-state index >= 15 is 0 Å². The Morgan fingerprint density at radius 1 is 1.22 bits per heavy atom. The number of morpholine rings is 1. The van der Waals surface area contributed by atoms with Crippen molar-refractivity contribution in [2.24, 2.45) is 0 Å². The number of benzene rings is 1. The summed E-state index contributed by atoms with van der Waals surface area (Å²) >= 11 is 7.57. The number of rotatable bonds is 5. The fraction of sp³-hybridized carbons (Fsp3) is 0.600. The zero-order valence-electron chi connectivity index (χ0n) is 15.7. The minimum absolute atomic E-state index is 0.315. The van der Waals surface area contributed by atoms with Gasteiger partial charge in [0.15, 0.2) is 5.11 Å². The first-order valence-corrected chi connectivity index (χ1v) is 11.2. The summed E-state index contributed by atoms with van der Waals surface area (Å²) in [4.78, 5) is 9.74. The lowest BCUT2D eigenvalue weighted by atomic mass is 10.0. The van der Waals surface area contributed by atoms with E-state index in [2.05, 4.69) is 39.4 Å². The molecule has 0 amide bonds. The Morgan fingerprint density at radius 2 is 2.07 bits per heavy atom. The van der Waals surface area contributed by atoms with Gasteiger partial charge in [0.2, 0.25) is 0 Å². The number of thiocarbonyl (C=S) groups is 1. The van der Waals surface area contributed by atoms with Crippen LogP contribution in [0.1, 0.15) is 36.7 Å². The van der Waals surface area contributed by atoms with Crippen LogP contribution in [-0.4, -0.2) is 65.8 Å². The van der Waals surface area contributed by atoms with Crippen LogP contribution in [0, 0.1) is 0 Å². The average Bonchev–Trinajstić information content (AvgIpc) is 3.16. The number of nitrogens with one attached hydrogen (secondary N) is 1. The largest absolute Gasteiger partial charge is 0.379 e. The van der Waals surface area contributed by atoms with E-state index in [0.29, 0.717) is 6.04 Å². The molecule has 0 bridgehead atoms. The Balaban J connectivity index is 1.33. The zero-order valence-corrected chi connectivity index (χ0v) is 17.4. The lowest BCUT2D eigenvalue weighted by Crippen LogP contribution is -2.45. The van der Waals surface area contributed by atoms with E-state index in [9.17, 15) is 0 Å². The van der Waals surface area contributed by atoms with Crippen molar-refractivity contribution in [1.29, 1.82) is 0 Å². The Labute approximate surface area is 170 Å². The lowest BCUT2D eigenvalue weighted by molar-refractivity contribution is 0.0375. The van der Waals surface area contributed by atoms with Gasteiger partial charge in [0, 0.05) is 26.2 Å². The van der Waals surface area contributed by atoms with E-state index in [4.69, 9.17) is 21.9 Å². The molecule has 4 rings (SSSR count). The molecule has 3 heterocycles. The van der Waals surface area contributed by atoms with Gasteiger partial charge in [-0.1, -0.05) is 12.1 Å². The third-order valence-corrected chi connectivity index (χ3v) is 6.91. The molecule has 2 aromatic rings. The lowest BCUT2D eigenvalue weighted by Gasteiger charge is -2.36. The first kappa shape index (κ1) is 19.1. The molecule has 0 unspecified atom stereocenters. The molecule has 5 nitrogen and oxygen atoms in total. The van der Waals surface area contributed by atoms with Crippen LogP contribution in [0.15, 0.2) is 24.3 Å². The Morgan fingerprint density at radius 3 is 2.93 bits per heavy atom. The van der Waals surface area contributed by atoms with E-state index in [1.165, 1.54) is 22.5 Å². The van der Waals surface area contributed by atoms with Crippen molar-refractivity contribution in [3.8, 4) is 0 Å². The minimum atomic E-state index is 0.315. The standard InChI is InChI=1S/C20H28N4OS2/c26-20(21-9-5-10-23-12-14-25-15-13-23)24-11-4-3-7-17(24)19-22-16-6-1-2-8-18(16)27-19/h1-2,6,8,17H,3-5,7,9-15H2,(H,21,26)/t17-/m1/s1. The van der Waals surface area contributed by atoms with Crippen LogP contribution in [-0.2, 0) is 4.74 Å². The number of fused-ring (bicyclic) bond motifs is 1. The summed E-state index contributed by atoms with van der Waals surface area (Å²) in [6.45, 7) is 6.90. The number of nitrogens with zero attached hydrogens (tertiary/aromatic N) is 3. The third kappa shape index (κ3) is 4.77. The molecular formula is C20H28N4OS2. The van der Waals surface area contributed by atoms with Crippen LogP contribution in [0.2, 0.25) is 0 Å². The second kappa shape index (κ2) is 9.28. The summed E-state index contributed by atoms with van der Waals surface area (Å²) < 4.78 is 6.68. The molecule has 0 radical (unpaired) electrons. The van der Waals surface area contributed by atoms with Crippen molar-refractivity contribution < 1.29 is 4.74 Å². The zero-order chi connectivity index (χ0) is 18.5. The maximum absolute atomic E-state index is 5.76. The van der Waals surface area contributed by atoms with E-state index < -0.39 is 0 Å². The van der Waals surface area contributed by atoms with Crippen molar-refractivity contribution in [2.75, 3.05) is 45.9 Å². The maximum Gasteiger partial charge on any atom is 0.169 e. The summed E-state index contributed by atoms with van der Waals surface area (Å²) in [7, 11) is 0. The van der Waals surface area contributed by atoms with Gasteiger partial charge in [-0.3, -0.25) is 4.90 Å². The number of piperidine rings is 1. The van der Waals surface area contributed by atoms with Crippen molar-refractivity contribution in [1.82, 2.24) is 20.1 Å². The van der Waals surface area contributed by atoms with Crippen LogP contribution in [0.3, 0.4) is 0 Å². The number of thiazole rings is 1. The van der Waals surface area contributed by atoms with Gasteiger partial charge in [-0.05, 0) is 56.6 Å². The van der Waals surface area contributed by atoms with Crippen molar-refractivity contribution in [3.63, 3.8) is 0 Å². The van der Waals surface area contributed by atoms with Crippen molar-refractivity contribution in [2.45, 2.75) is 31.7 Å². The second-order valence-corrected chi connectivity index (χ2v) is 8.71. The summed E-state index contributed by atoms with van der Waals surface area (Å²) in [6.07, 6.45) is 4.70. The number of hydrogen-bond acceptors (Lipinski definition) is 5. The Bertz CT molecular complexity index is 726. The van der Waals surface area contributed by atoms with E-state index in [0.717, 1.165) is 69.4 Å². The molecule has 0 aliphatic carbocycles. The first-order valence-electron chi connectivity index (χ1n) is 10.0. The molecule has 1 aromatic carbocycles. The van der Waals surface area contributed by atoms with Gasteiger partial charge in [-0.15, -0.1) is 11.3 Å². The van der Waals surface area contributed by atoms with Crippen LogP contribution >= 0.6 is 23.6 Å². The molecule has 7 heteroatoms. The normalized spacial score (nSPS) is 21.5. The van der Waals surface area contributed by atoms with E-state index in [1.807, 2.05) is 11.3 Å². The summed E-state index contributed by atoms with van der Waals surface area (Å²) in [5.41, 5.74) is 1.10. The smallest absolute Gasteiger partial charge is 0.169 e. The summed E-state index contributed by atoms with van der Waals surface area (Å²) in [5.74, 6) is 0. The SMILES string of the molecule is S=C(NCCCN1CCOCC1)N1CCCC[C@@H]1c1nc2ccccc2s1. The highest BCUT2D eigenvalue weighted by molar-refractivity contribution is 7.80. The monoisotopic (exact) mass is 404 g/mol. The third-order valence-electron chi connectivity index (χ3n) is 5.39. The Hall–Kier alpha value is -1.28. The van der Waals surface area contributed by atoms with Gasteiger partial charge in [0.1, 0.15) is 5.01 Å².